The van der Waals surface area contributed by atoms with E-state index < -0.39 is 11.5 Å². The molecule has 0 radical (unpaired) electrons. The number of hydrogen-bond donors (Lipinski definition) is 1. The van der Waals surface area contributed by atoms with Gasteiger partial charge < -0.3 is 19.6 Å². The van der Waals surface area contributed by atoms with Crippen LogP contribution in [0.3, 0.4) is 0 Å². The van der Waals surface area contributed by atoms with Crippen LogP contribution in [-0.2, 0) is 9.53 Å². The number of rotatable bonds is 4. The average Bonchev–Trinajstić information content (AvgIpc) is 2.92. The molecular weight excluding hydrogens is 272 g/mol. The smallest absolute Gasteiger partial charge is 0.329 e. The van der Waals surface area contributed by atoms with Gasteiger partial charge in [0.2, 0.25) is 0 Å². The third-order valence-electron chi connectivity index (χ3n) is 4.83. The minimum Gasteiger partial charge on any atom is -0.479 e. The van der Waals surface area contributed by atoms with Gasteiger partial charge in [-0.2, -0.15) is 0 Å². The average molecular weight is 298 g/mol. The summed E-state index contributed by atoms with van der Waals surface area (Å²) in [4.78, 5) is 27.9. The van der Waals surface area contributed by atoms with E-state index in [-0.39, 0.29) is 12.1 Å². The van der Waals surface area contributed by atoms with Crippen molar-refractivity contribution in [2.45, 2.75) is 57.1 Å². The minimum absolute atomic E-state index is 0.113. The molecule has 21 heavy (non-hydrogen) atoms. The molecule has 2 saturated heterocycles. The minimum atomic E-state index is -0.996. The fourth-order valence-corrected chi connectivity index (χ4v) is 3.61. The number of hydrogen-bond acceptors (Lipinski definition) is 3. The molecule has 1 unspecified atom stereocenters. The van der Waals surface area contributed by atoms with Crippen molar-refractivity contribution in [3.63, 3.8) is 0 Å². The topological polar surface area (TPSA) is 70.1 Å². The van der Waals surface area contributed by atoms with E-state index in [0.29, 0.717) is 32.5 Å². The van der Waals surface area contributed by atoms with Crippen LogP contribution < -0.4 is 0 Å². The lowest BCUT2D eigenvalue weighted by Crippen LogP contribution is -2.58. The molecule has 0 aromatic heterocycles. The summed E-state index contributed by atoms with van der Waals surface area (Å²) in [5, 5.41) is 9.66. The van der Waals surface area contributed by atoms with Crippen molar-refractivity contribution in [3.8, 4) is 0 Å². The summed E-state index contributed by atoms with van der Waals surface area (Å²) in [7, 11) is 1.69. The third-order valence-corrected chi connectivity index (χ3v) is 4.83. The summed E-state index contributed by atoms with van der Waals surface area (Å²) >= 11 is 0. The fourth-order valence-electron chi connectivity index (χ4n) is 3.61. The van der Waals surface area contributed by atoms with Gasteiger partial charge >= 0.3 is 12.0 Å². The molecule has 0 bridgehead atoms. The number of carbonyl (C=O) groups excluding carboxylic acids is 1. The van der Waals surface area contributed by atoms with Crippen molar-refractivity contribution < 1.29 is 19.4 Å². The van der Waals surface area contributed by atoms with Gasteiger partial charge in [0.25, 0.3) is 0 Å². The number of likely N-dealkylation sites (tertiary alicyclic amines) is 2. The number of carboxylic acid groups (broad SMARTS) is 1. The van der Waals surface area contributed by atoms with Crippen LogP contribution in [0.2, 0.25) is 0 Å². The first-order valence-corrected chi connectivity index (χ1v) is 7.88. The molecule has 1 N–H and O–H groups in total. The zero-order valence-corrected chi connectivity index (χ0v) is 13.0. The molecule has 0 saturated carbocycles. The van der Waals surface area contributed by atoms with Crippen LogP contribution in [0.4, 0.5) is 4.79 Å². The van der Waals surface area contributed by atoms with Crippen LogP contribution in [0.5, 0.6) is 0 Å². The lowest BCUT2D eigenvalue weighted by molar-refractivity contribution is -0.149. The molecule has 2 heterocycles. The van der Waals surface area contributed by atoms with E-state index in [1.54, 1.807) is 16.9 Å². The fraction of sp³-hybridized carbons (Fsp3) is 0.867. The Hall–Kier alpha value is -1.30. The maximum absolute atomic E-state index is 12.7. The maximum Gasteiger partial charge on any atom is 0.329 e. The number of aliphatic carboxylic acids is 1. The number of carbonyl (C=O) groups is 2. The molecule has 2 amide bonds. The molecule has 0 aromatic rings. The van der Waals surface area contributed by atoms with Crippen LogP contribution >= 0.6 is 0 Å². The highest BCUT2D eigenvalue weighted by molar-refractivity contribution is 5.87. The van der Waals surface area contributed by atoms with Gasteiger partial charge in [-0.1, -0.05) is 13.3 Å². The Morgan fingerprint density at radius 2 is 1.95 bits per heavy atom. The SMILES string of the molecule is CCCC1(C(=O)O)CCCN1C(=O)N1CCC(OC)CC1. The van der Waals surface area contributed by atoms with E-state index in [1.165, 1.54) is 0 Å². The first-order chi connectivity index (χ1) is 10.0. The van der Waals surface area contributed by atoms with E-state index in [9.17, 15) is 14.7 Å². The van der Waals surface area contributed by atoms with Crippen LogP contribution in [0.25, 0.3) is 0 Å². The molecule has 2 fully saturated rings. The van der Waals surface area contributed by atoms with Crippen molar-refractivity contribution in [3.05, 3.63) is 0 Å². The lowest BCUT2D eigenvalue weighted by atomic mass is 9.91. The molecule has 0 aromatic carbocycles. The van der Waals surface area contributed by atoms with Gasteiger partial charge in [0, 0.05) is 26.7 Å². The molecule has 6 heteroatoms. The highest BCUT2D eigenvalue weighted by Crippen LogP contribution is 2.35. The van der Waals surface area contributed by atoms with Crippen LogP contribution in [0.15, 0.2) is 0 Å². The normalized spacial score (nSPS) is 27.1. The number of carboxylic acids is 1. The molecule has 0 spiro atoms. The number of urea groups is 1. The molecule has 120 valence electrons. The van der Waals surface area contributed by atoms with Gasteiger partial charge in [0.05, 0.1) is 6.10 Å². The van der Waals surface area contributed by atoms with Crippen LogP contribution in [0.1, 0.15) is 45.4 Å². The zero-order chi connectivity index (χ0) is 15.5. The molecule has 2 aliphatic heterocycles. The summed E-state index contributed by atoms with van der Waals surface area (Å²) in [5.41, 5.74) is -0.996. The van der Waals surface area contributed by atoms with E-state index in [0.717, 1.165) is 25.7 Å². The Bertz CT molecular complexity index is 393. The quantitative estimate of drug-likeness (QED) is 0.861. The second-order valence-corrected chi connectivity index (χ2v) is 6.05. The first kappa shape index (κ1) is 16.1. The summed E-state index contributed by atoms with van der Waals surface area (Å²) in [5.74, 6) is -0.859. The standard InChI is InChI=1S/C15H26N2O4/c1-3-7-15(13(18)19)8-4-9-17(15)14(20)16-10-5-12(21-2)6-11-16/h12H,3-11H2,1-2H3,(H,18,19). The lowest BCUT2D eigenvalue weighted by Gasteiger charge is -2.40. The Balaban J connectivity index is 2.08. The molecule has 1 atom stereocenters. The predicted molar refractivity (Wildman–Crippen MR) is 78.2 cm³/mol. The summed E-state index contributed by atoms with van der Waals surface area (Å²) in [6.07, 6.45) is 4.49. The molecular formula is C15H26N2O4. The van der Waals surface area contributed by atoms with Gasteiger partial charge in [-0.25, -0.2) is 9.59 Å². The molecule has 2 rings (SSSR count). The van der Waals surface area contributed by atoms with Gasteiger partial charge in [-0.3, -0.25) is 0 Å². The maximum atomic E-state index is 12.7. The molecule has 6 nitrogen and oxygen atoms in total. The van der Waals surface area contributed by atoms with Gasteiger partial charge in [-0.05, 0) is 32.1 Å². The predicted octanol–water partition coefficient (Wildman–Crippen LogP) is 1.94. The van der Waals surface area contributed by atoms with Crippen molar-refractivity contribution in [2.24, 2.45) is 0 Å². The number of nitrogens with zero attached hydrogens (tertiary/aromatic N) is 2. The van der Waals surface area contributed by atoms with E-state index in [1.807, 2.05) is 6.92 Å². The van der Waals surface area contributed by atoms with Crippen LogP contribution in [0, 0.1) is 0 Å². The highest BCUT2D eigenvalue weighted by atomic mass is 16.5. The Labute approximate surface area is 126 Å². The van der Waals surface area contributed by atoms with E-state index in [2.05, 4.69) is 0 Å². The first-order valence-electron chi connectivity index (χ1n) is 7.88. The second-order valence-electron chi connectivity index (χ2n) is 6.05. The number of piperidine rings is 1. The summed E-state index contributed by atoms with van der Waals surface area (Å²) < 4.78 is 5.32. The van der Waals surface area contributed by atoms with E-state index in [4.69, 9.17) is 4.74 Å². The Kier molecular flexibility index (Phi) is 5.08. The molecule has 0 aliphatic carbocycles. The van der Waals surface area contributed by atoms with Crippen molar-refractivity contribution in [2.75, 3.05) is 26.7 Å². The number of amides is 2. The van der Waals surface area contributed by atoms with Crippen molar-refractivity contribution in [1.29, 1.82) is 0 Å². The highest BCUT2D eigenvalue weighted by Gasteiger charge is 2.50. The molecule has 2 aliphatic rings. The van der Waals surface area contributed by atoms with E-state index >= 15 is 0 Å². The monoisotopic (exact) mass is 298 g/mol. The van der Waals surface area contributed by atoms with Gasteiger partial charge in [0.1, 0.15) is 5.54 Å². The third kappa shape index (κ3) is 3.00. The number of methoxy groups -OCH3 is 1. The zero-order valence-electron chi connectivity index (χ0n) is 13.0. The largest absolute Gasteiger partial charge is 0.479 e. The van der Waals surface area contributed by atoms with Crippen LogP contribution in [-0.4, -0.2) is 65.3 Å². The van der Waals surface area contributed by atoms with Gasteiger partial charge in [-0.15, -0.1) is 0 Å². The van der Waals surface area contributed by atoms with Crippen molar-refractivity contribution >= 4 is 12.0 Å². The number of ether oxygens (including phenoxy) is 1. The summed E-state index contributed by atoms with van der Waals surface area (Å²) in [6.45, 7) is 3.82. The second kappa shape index (κ2) is 6.64. The Morgan fingerprint density at radius 1 is 1.29 bits per heavy atom. The Morgan fingerprint density at radius 3 is 2.48 bits per heavy atom. The van der Waals surface area contributed by atoms with Gasteiger partial charge in [0.15, 0.2) is 0 Å². The van der Waals surface area contributed by atoms with Crippen molar-refractivity contribution in [1.82, 2.24) is 9.80 Å². The summed E-state index contributed by atoms with van der Waals surface area (Å²) in [6, 6.07) is -0.113.